The van der Waals surface area contributed by atoms with Crippen LogP contribution in [0.1, 0.15) is 49.5 Å². The summed E-state index contributed by atoms with van der Waals surface area (Å²) < 4.78 is 67.0. The van der Waals surface area contributed by atoms with Crippen LogP contribution >= 0.6 is 0 Å². The molecule has 3 rings (SSSR count). The number of carbonyl (C=O) groups excluding carboxylic acids is 4. The van der Waals surface area contributed by atoms with E-state index in [2.05, 4.69) is 4.84 Å². The van der Waals surface area contributed by atoms with Gasteiger partial charge in [0.2, 0.25) is 0 Å². The quantitative estimate of drug-likeness (QED) is 0.235. The standard InChI is InChI=1S/C21H22F4N2O8/c22-15-9-12(4-5-13(15)10-26-19(30)21(23,24)25)18-33-11-14(34-18)3-1-2-8-32-20(31)35-27-16(28)6-7-17(27)29/h4-5,9,14,18H,1-3,6-8,10-11H2,(H,26,30). The first kappa shape index (κ1) is 26.3. The summed E-state index contributed by atoms with van der Waals surface area (Å²) in [5, 5.41) is 1.99. The summed E-state index contributed by atoms with van der Waals surface area (Å²) >= 11 is 0. The van der Waals surface area contributed by atoms with Crippen molar-refractivity contribution in [3.05, 3.63) is 35.1 Å². The first-order chi connectivity index (χ1) is 16.5. The van der Waals surface area contributed by atoms with Gasteiger partial charge in [0.1, 0.15) is 5.82 Å². The van der Waals surface area contributed by atoms with Crippen LogP contribution in [0.3, 0.4) is 0 Å². The molecule has 2 aliphatic rings. The van der Waals surface area contributed by atoms with Gasteiger partial charge < -0.3 is 19.5 Å². The fraction of sp³-hybridized carbons (Fsp3) is 0.524. The van der Waals surface area contributed by atoms with Gasteiger partial charge in [-0.05, 0) is 25.3 Å². The zero-order valence-corrected chi connectivity index (χ0v) is 18.3. The lowest BCUT2D eigenvalue weighted by molar-refractivity contribution is -0.177. The second kappa shape index (κ2) is 11.4. The number of benzene rings is 1. The van der Waals surface area contributed by atoms with Gasteiger partial charge in [-0.2, -0.15) is 13.2 Å². The molecule has 0 saturated carbocycles. The number of unbranched alkanes of at least 4 members (excludes halogenated alkanes) is 1. The van der Waals surface area contributed by atoms with Crippen molar-refractivity contribution in [3.8, 4) is 0 Å². The third kappa shape index (κ3) is 7.36. The number of alkyl halides is 3. The number of carbonyl (C=O) groups is 4. The highest BCUT2D eigenvalue weighted by molar-refractivity contribution is 6.01. The number of halogens is 4. The Kier molecular flexibility index (Phi) is 8.62. The van der Waals surface area contributed by atoms with E-state index in [1.807, 2.05) is 0 Å². The Labute approximate surface area is 196 Å². The van der Waals surface area contributed by atoms with Crippen molar-refractivity contribution in [2.45, 2.75) is 57.2 Å². The number of hydrogen-bond donors (Lipinski definition) is 1. The van der Waals surface area contributed by atoms with E-state index < -0.39 is 48.7 Å². The molecular weight excluding hydrogens is 484 g/mol. The number of ether oxygens (including phenoxy) is 3. The molecule has 0 bridgehead atoms. The van der Waals surface area contributed by atoms with Gasteiger partial charge in [0, 0.05) is 30.5 Å². The molecule has 35 heavy (non-hydrogen) atoms. The van der Waals surface area contributed by atoms with Gasteiger partial charge >= 0.3 is 18.2 Å². The monoisotopic (exact) mass is 506 g/mol. The van der Waals surface area contributed by atoms with Gasteiger partial charge in [-0.1, -0.05) is 17.2 Å². The van der Waals surface area contributed by atoms with Crippen molar-refractivity contribution in [1.82, 2.24) is 10.4 Å². The molecule has 2 aliphatic heterocycles. The fourth-order valence-electron chi connectivity index (χ4n) is 3.29. The van der Waals surface area contributed by atoms with Crippen molar-refractivity contribution in [3.63, 3.8) is 0 Å². The lowest BCUT2D eigenvalue weighted by Crippen LogP contribution is -2.36. The van der Waals surface area contributed by atoms with Gasteiger partial charge in [0.15, 0.2) is 6.29 Å². The van der Waals surface area contributed by atoms with Crippen molar-refractivity contribution >= 4 is 23.9 Å². The maximum atomic E-state index is 14.2. The molecule has 14 heteroatoms. The summed E-state index contributed by atoms with van der Waals surface area (Å²) in [6.45, 7) is -0.416. The highest BCUT2D eigenvalue weighted by atomic mass is 19.4. The van der Waals surface area contributed by atoms with Crippen LogP contribution < -0.4 is 5.32 Å². The molecule has 0 aliphatic carbocycles. The minimum atomic E-state index is -5.05. The first-order valence-corrected chi connectivity index (χ1v) is 10.7. The largest absolute Gasteiger partial charge is 0.533 e. The van der Waals surface area contributed by atoms with Gasteiger partial charge in [-0.25, -0.2) is 9.18 Å². The summed E-state index contributed by atoms with van der Waals surface area (Å²) in [4.78, 5) is 49.7. The Hall–Kier alpha value is -3.26. The van der Waals surface area contributed by atoms with Crippen molar-refractivity contribution < 1.29 is 55.8 Å². The average Bonchev–Trinajstić information content (AvgIpc) is 3.39. The van der Waals surface area contributed by atoms with E-state index in [1.165, 1.54) is 12.1 Å². The molecule has 2 heterocycles. The van der Waals surface area contributed by atoms with E-state index >= 15 is 0 Å². The van der Waals surface area contributed by atoms with Crippen LogP contribution in [0.5, 0.6) is 0 Å². The number of amides is 3. The molecule has 1 N–H and O–H groups in total. The van der Waals surface area contributed by atoms with Crippen LogP contribution in [0.2, 0.25) is 0 Å². The smallest absolute Gasteiger partial charge is 0.433 e. The van der Waals surface area contributed by atoms with E-state index in [4.69, 9.17) is 14.2 Å². The zero-order valence-electron chi connectivity index (χ0n) is 18.3. The predicted octanol–water partition coefficient (Wildman–Crippen LogP) is 2.81. The lowest BCUT2D eigenvalue weighted by atomic mass is 10.1. The summed E-state index contributed by atoms with van der Waals surface area (Å²) in [6.07, 6.45) is -5.89. The van der Waals surface area contributed by atoms with E-state index in [0.29, 0.717) is 29.9 Å². The lowest BCUT2D eigenvalue weighted by Gasteiger charge is -2.14. The molecule has 2 saturated heterocycles. The summed E-state index contributed by atoms with van der Waals surface area (Å²) in [7, 11) is 0. The molecule has 192 valence electrons. The summed E-state index contributed by atoms with van der Waals surface area (Å²) in [6, 6.07) is 3.74. The van der Waals surface area contributed by atoms with Crippen molar-refractivity contribution in [2.75, 3.05) is 13.2 Å². The number of imide groups is 1. The molecule has 2 unspecified atom stereocenters. The van der Waals surface area contributed by atoms with Gasteiger partial charge in [-0.15, -0.1) is 0 Å². The summed E-state index contributed by atoms with van der Waals surface area (Å²) in [5.74, 6) is -4.20. The number of hydrogen-bond acceptors (Lipinski definition) is 8. The molecule has 0 spiro atoms. The van der Waals surface area contributed by atoms with Crippen LogP contribution in [0.25, 0.3) is 0 Å². The minimum Gasteiger partial charge on any atom is -0.433 e. The highest BCUT2D eigenvalue weighted by Crippen LogP contribution is 2.30. The maximum Gasteiger partial charge on any atom is 0.533 e. The van der Waals surface area contributed by atoms with Crippen LogP contribution in [0, 0.1) is 5.82 Å². The second-order valence-electron chi connectivity index (χ2n) is 7.72. The topological polar surface area (TPSA) is 120 Å². The Morgan fingerprint density at radius 2 is 1.86 bits per heavy atom. The molecule has 2 atom stereocenters. The van der Waals surface area contributed by atoms with Gasteiger partial charge in [0.05, 0.1) is 19.3 Å². The predicted molar refractivity (Wildman–Crippen MR) is 105 cm³/mol. The molecule has 1 aromatic rings. The Balaban J connectivity index is 1.34. The molecule has 10 nitrogen and oxygen atoms in total. The molecule has 1 aromatic carbocycles. The van der Waals surface area contributed by atoms with E-state index in [0.717, 1.165) is 6.07 Å². The molecular formula is C21H22F4N2O8. The van der Waals surface area contributed by atoms with Crippen LogP contribution in [0.4, 0.5) is 22.4 Å². The van der Waals surface area contributed by atoms with E-state index in [-0.39, 0.29) is 37.7 Å². The maximum absolute atomic E-state index is 14.2. The third-order valence-corrected chi connectivity index (χ3v) is 5.11. The molecule has 0 aromatic heterocycles. The van der Waals surface area contributed by atoms with E-state index in [1.54, 1.807) is 5.32 Å². The van der Waals surface area contributed by atoms with Crippen LogP contribution in [-0.2, 0) is 40.0 Å². The first-order valence-electron chi connectivity index (χ1n) is 10.7. The zero-order chi connectivity index (χ0) is 25.6. The number of rotatable bonds is 9. The fourth-order valence-corrected chi connectivity index (χ4v) is 3.29. The normalized spacial score (nSPS) is 20.3. The van der Waals surface area contributed by atoms with Gasteiger partial charge in [0.25, 0.3) is 11.8 Å². The molecule has 0 radical (unpaired) electrons. The van der Waals surface area contributed by atoms with Crippen molar-refractivity contribution in [2.24, 2.45) is 0 Å². The Morgan fingerprint density at radius 1 is 1.14 bits per heavy atom. The van der Waals surface area contributed by atoms with Crippen LogP contribution in [0.15, 0.2) is 18.2 Å². The minimum absolute atomic E-state index is 0.0103. The summed E-state index contributed by atoms with van der Waals surface area (Å²) in [5.41, 5.74) is 0.200. The highest BCUT2D eigenvalue weighted by Gasteiger charge is 2.38. The number of nitrogens with zero attached hydrogens (tertiary/aromatic N) is 1. The second-order valence-corrected chi connectivity index (χ2v) is 7.72. The third-order valence-electron chi connectivity index (χ3n) is 5.11. The number of nitrogens with one attached hydrogen (secondary N) is 1. The number of hydroxylamine groups is 2. The SMILES string of the molecule is O=C(OCCCCC1COC(c2ccc(CNC(=O)C(F)(F)F)c(F)c2)O1)ON1C(=O)CCC1=O. The van der Waals surface area contributed by atoms with Gasteiger partial charge in [-0.3, -0.25) is 19.2 Å². The molecule has 3 amide bonds. The Morgan fingerprint density at radius 3 is 2.51 bits per heavy atom. The molecule has 2 fully saturated rings. The van der Waals surface area contributed by atoms with Crippen molar-refractivity contribution in [1.29, 1.82) is 0 Å². The van der Waals surface area contributed by atoms with E-state index in [9.17, 15) is 36.7 Å². The Bertz CT molecular complexity index is 955. The average molecular weight is 506 g/mol. The van der Waals surface area contributed by atoms with Crippen LogP contribution in [-0.4, -0.2) is 54.4 Å².